The van der Waals surface area contributed by atoms with Crippen molar-refractivity contribution in [3.63, 3.8) is 0 Å². The summed E-state index contributed by atoms with van der Waals surface area (Å²) < 4.78 is 4.50. The van der Waals surface area contributed by atoms with Crippen molar-refractivity contribution in [1.29, 1.82) is 0 Å². The van der Waals surface area contributed by atoms with Gasteiger partial charge >= 0.3 is 6.09 Å². The lowest BCUT2D eigenvalue weighted by molar-refractivity contribution is -0.129. The first-order chi connectivity index (χ1) is 7.04. The van der Waals surface area contributed by atoms with Crippen molar-refractivity contribution < 1.29 is 14.3 Å². The largest absolute Gasteiger partial charge is 0.448 e. The number of carbonyl (C=O) groups excluding carboxylic acids is 2. The molecule has 1 rings (SSSR count). The fourth-order valence-electron chi connectivity index (χ4n) is 1.54. The van der Waals surface area contributed by atoms with E-state index in [4.69, 9.17) is 5.73 Å². The molecule has 1 unspecified atom stereocenters. The minimum atomic E-state index is -0.821. The van der Waals surface area contributed by atoms with Crippen LogP contribution in [0.15, 0.2) is 0 Å². The Labute approximate surface area is 88.5 Å². The standard InChI is InChI=1S/C9H17N3O3/c1-9(2-3-11-6-9)7(13)12-4-5-15-8(10)14/h11H,2-6H2,1H3,(H2,10,14)(H,12,13). The van der Waals surface area contributed by atoms with Crippen molar-refractivity contribution in [3.05, 3.63) is 0 Å². The number of nitrogens with one attached hydrogen (secondary N) is 2. The molecule has 1 heterocycles. The van der Waals surface area contributed by atoms with Crippen LogP contribution in [0.2, 0.25) is 0 Å². The summed E-state index contributed by atoms with van der Waals surface area (Å²) in [5, 5.41) is 5.84. The van der Waals surface area contributed by atoms with Crippen molar-refractivity contribution >= 4 is 12.0 Å². The maximum Gasteiger partial charge on any atom is 0.404 e. The smallest absolute Gasteiger partial charge is 0.404 e. The summed E-state index contributed by atoms with van der Waals surface area (Å²) in [7, 11) is 0. The lowest BCUT2D eigenvalue weighted by Crippen LogP contribution is -2.41. The van der Waals surface area contributed by atoms with Gasteiger partial charge in [0.1, 0.15) is 6.61 Å². The number of hydrogen-bond acceptors (Lipinski definition) is 4. The minimum absolute atomic E-state index is 0.0134. The number of carbonyl (C=O) groups is 2. The SMILES string of the molecule is CC1(C(=O)NCCOC(N)=O)CCNC1. The average molecular weight is 215 g/mol. The Balaban J connectivity index is 2.21. The lowest BCUT2D eigenvalue weighted by Gasteiger charge is -2.21. The summed E-state index contributed by atoms with van der Waals surface area (Å²) in [6, 6.07) is 0. The van der Waals surface area contributed by atoms with E-state index < -0.39 is 6.09 Å². The van der Waals surface area contributed by atoms with Crippen LogP contribution < -0.4 is 16.4 Å². The molecule has 6 heteroatoms. The Bertz CT molecular complexity index is 249. The number of nitrogens with two attached hydrogens (primary N) is 1. The maximum absolute atomic E-state index is 11.7. The van der Waals surface area contributed by atoms with E-state index in [1.165, 1.54) is 0 Å². The zero-order chi connectivity index (χ0) is 11.3. The number of primary amides is 1. The molecular weight excluding hydrogens is 198 g/mol. The van der Waals surface area contributed by atoms with Crippen LogP contribution in [0.4, 0.5) is 4.79 Å². The molecule has 4 N–H and O–H groups in total. The summed E-state index contributed by atoms with van der Waals surface area (Å²) in [5.41, 5.74) is 4.43. The van der Waals surface area contributed by atoms with Gasteiger partial charge in [0.25, 0.3) is 0 Å². The van der Waals surface area contributed by atoms with Crippen LogP contribution in [-0.2, 0) is 9.53 Å². The molecule has 6 nitrogen and oxygen atoms in total. The Morgan fingerprint density at radius 2 is 2.33 bits per heavy atom. The van der Waals surface area contributed by atoms with Gasteiger partial charge in [-0.25, -0.2) is 4.79 Å². The van der Waals surface area contributed by atoms with E-state index in [0.29, 0.717) is 13.1 Å². The number of rotatable bonds is 4. The Morgan fingerprint density at radius 3 is 2.87 bits per heavy atom. The highest BCUT2D eigenvalue weighted by Gasteiger charge is 2.35. The van der Waals surface area contributed by atoms with Gasteiger partial charge in [0, 0.05) is 6.54 Å². The van der Waals surface area contributed by atoms with Crippen LogP contribution in [0, 0.1) is 5.41 Å². The van der Waals surface area contributed by atoms with Crippen LogP contribution in [0.5, 0.6) is 0 Å². The summed E-state index contributed by atoms with van der Waals surface area (Å²) in [5.74, 6) is -0.0134. The lowest BCUT2D eigenvalue weighted by atomic mass is 9.89. The highest BCUT2D eigenvalue weighted by atomic mass is 16.5. The van der Waals surface area contributed by atoms with Crippen LogP contribution >= 0.6 is 0 Å². The summed E-state index contributed by atoms with van der Waals surface area (Å²) in [4.78, 5) is 21.9. The molecule has 1 atom stereocenters. The van der Waals surface area contributed by atoms with E-state index in [0.717, 1.165) is 13.0 Å². The third-order valence-electron chi connectivity index (χ3n) is 2.55. The molecule has 1 saturated heterocycles. The van der Waals surface area contributed by atoms with Crippen molar-refractivity contribution in [2.75, 3.05) is 26.2 Å². The molecule has 0 aromatic rings. The zero-order valence-electron chi connectivity index (χ0n) is 8.84. The van der Waals surface area contributed by atoms with Gasteiger partial charge < -0.3 is 21.1 Å². The molecule has 1 aliphatic rings. The molecule has 2 amide bonds. The maximum atomic E-state index is 11.7. The van der Waals surface area contributed by atoms with Gasteiger partial charge in [-0.15, -0.1) is 0 Å². The van der Waals surface area contributed by atoms with Gasteiger partial charge in [0.2, 0.25) is 5.91 Å². The molecule has 15 heavy (non-hydrogen) atoms. The second-order valence-corrected chi connectivity index (χ2v) is 3.91. The number of amides is 2. The van der Waals surface area contributed by atoms with Gasteiger partial charge in [-0.3, -0.25) is 4.79 Å². The van der Waals surface area contributed by atoms with E-state index in [1.54, 1.807) is 0 Å². The Morgan fingerprint density at radius 1 is 1.60 bits per heavy atom. The molecule has 86 valence electrons. The van der Waals surface area contributed by atoms with E-state index in [1.807, 2.05) is 6.92 Å². The second kappa shape index (κ2) is 4.97. The molecule has 0 aromatic carbocycles. The fourth-order valence-corrected chi connectivity index (χ4v) is 1.54. The van der Waals surface area contributed by atoms with Gasteiger partial charge in [-0.05, 0) is 19.9 Å². The van der Waals surface area contributed by atoms with Gasteiger partial charge in [0.05, 0.1) is 12.0 Å². The highest BCUT2D eigenvalue weighted by molar-refractivity contribution is 5.82. The topological polar surface area (TPSA) is 93.4 Å². The van der Waals surface area contributed by atoms with Crippen molar-refractivity contribution in [2.24, 2.45) is 11.1 Å². The fraction of sp³-hybridized carbons (Fsp3) is 0.778. The van der Waals surface area contributed by atoms with E-state index in [9.17, 15) is 9.59 Å². The monoisotopic (exact) mass is 215 g/mol. The van der Waals surface area contributed by atoms with Gasteiger partial charge in [-0.1, -0.05) is 0 Å². The van der Waals surface area contributed by atoms with Gasteiger partial charge in [0.15, 0.2) is 0 Å². The molecule has 0 spiro atoms. The first-order valence-corrected chi connectivity index (χ1v) is 4.96. The van der Waals surface area contributed by atoms with Crippen LogP contribution in [0.25, 0.3) is 0 Å². The van der Waals surface area contributed by atoms with E-state index in [-0.39, 0.29) is 17.9 Å². The average Bonchev–Trinajstić information content (AvgIpc) is 2.60. The molecule has 0 aromatic heterocycles. The molecule has 0 radical (unpaired) electrons. The highest BCUT2D eigenvalue weighted by Crippen LogP contribution is 2.24. The van der Waals surface area contributed by atoms with Crippen LogP contribution in [0.3, 0.4) is 0 Å². The number of hydrogen-bond donors (Lipinski definition) is 3. The molecule has 0 saturated carbocycles. The quantitative estimate of drug-likeness (QED) is 0.535. The Kier molecular flexibility index (Phi) is 3.90. The predicted octanol–water partition coefficient (Wildman–Crippen LogP) is -0.802. The first kappa shape index (κ1) is 11.8. The molecule has 1 fully saturated rings. The van der Waals surface area contributed by atoms with Crippen LogP contribution in [0.1, 0.15) is 13.3 Å². The normalized spacial score (nSPS) is 24.9. The molecule has 1 aliphatic heterocycles. The van der Waals surface area contributed by atoms with Crippen molar-refractivity contribution in [1.82, 2.24) is 10.6 Å². The van der Waals surface area contributed by atoms with Gasteiger partial charge in [-0.2, -0.15) is 0 Å². The zero-order valence-corrected chi connectivity index (χ0v) is 8.84. The molecular formula is C9H17N3O3. The predicted molar refractivity (Wildman–Crippen MR) is 54.1 cm³/mol. The van der Waals surface area contributed by atoms with Crippen LogP contribution in [-0.4, -0.2) is 38.2 Å². The third-order valence-corrected chi connectivity index (χ3v) is 2.55. The Hall–Kier alpha value is -1.30. The first-order valence-electron chi connectivity index (χ1n) is 4.96. The molecule has 0 aliphatic carbocycles. The summed E-state index contributed by atoms with van der Waals surface area (Å²) >= 11 is 0. The van der Waals surface area contributed by atoms with Crippen molar-refractivity contribution in [2.45, 2.75) is 13.3 Å². The number of ether oxygens (including phenoxy) is 1. The summed E-state index contributed by atoms with van der Waals surface area (Å²) in [6.45, 7) is 3.89. The van der Waals surface area contributed by atoms with Crippen molar-refractivity contribution in [3.8, 4) is 0 Å². The van der Waals surface area contributed by atoms with E-state index >= 15 is 0 Å². The minimum Gasteiger partial charge on any atom is -0.448 e. The molecule has 0 bridgehead atoms. The second-order valence-electron chi connectivity index (χ2n) is 3.91. The third kappa shape index (κ3) is 3.39. The van der Waals surface area contributed by atoms with E-state index in [2.05, 4.69) is 15.4 Å². The summed E-state index contributed by atoms with van der Waals surface area (Å²) in [6.07, 6.45) is 0.00758.